The molecule has 0 amide bonds. The Morgan fingerprint density at radius 3 is 2.15 bits per heavy atom. The summed E-state index contributed by atoms with van der Waals surface area (Å²) in [5, 5.41) is 1.97. The average Bonchev–Trinajstić information content (AvgIpc) is 2.51. The third kappa shape index (κ3) is 2.69. The van der Waals surface area contributed by atoms with Crippen LogP contribution < -0.4 is 0 Å². The summed E-state index contributed by atoms with van der Waals surface area (Å²) in [6.45, 7) is 0. The maximum Gasteiger partial charge on any atom is 0.345 e. The van der Waals surface area contributed by atoms with Gasteiger partial charge in [-0.15, -0.1) is 0 Å². The Morgan fingerprint density at radius 2 is 1.50 bits per heavy atom. The number of rotatable bonds is 3. The molecule has 20 heavy (non-hydrogen) atoms. The van der Waals surface area contributed by atoms with E-state index < -0.39 is 11.9 Å². The number of hydrogen-bond acceptors (Lipinski definition) is 4. The summed E-state index contributed by atoms with van der Waals surface area (Å²) in [6.07, 6.45) is 1.49. The van der Waals surface area contributed by atoms with Crippen molar-refractivity contribution in [3.63, 3.8) is 0 Å². The van der Waals surface area contributed by atoms with Gasteiger partial charge in [-0.2, -0.15) is 0 Å². The lowest BCUT2D eigenvalue weighted by Crippen LogP contribution is -2.15. The van der Waals surface area contributed by atoms with E-state index in [1.807, 2.05) is 42.5 Å². The maximum atomic E-state index is 11.7. The zero-order valence-electron chi connectivity index (χ0n) is 11.3. The van der Waals surface area contributed by atoms with E-state index in [4.69, 9.17) is 0 Å². The van der Waals surface area contributed by atoms with Crippen molar-refractivity contribution in [1.82, 2.24) is 0 Å². The number of esters is 2. The molecule has 0 radical (unpaired) electrons. The molecular formula is C16H14O4. The molecule has 4 heteroatoms. The minimum absolute atomic E-state index is 0.133. The van der Waals surface area contributed by atoms with Gasteiger partial charge in [-0.3, -0.25) is 0 Å². The Hall–Kier alpha value is -2.62. The lowest BCUT2D eigenvalue weighted by Gasteiger charge is -2.06. The van der Waals surface area contributed by atoms with Crippen LogP contribution in [0.15, 0.2) is 48.0 Å². The molecule has 102 valence electrons. The largest absolute Gasteiger partial charge is 0.465 e. The van der Waals surface area contributed by atoms with Gasteiger partial charge in [0.05, 0.1) is 14.2 Å². The molecule has 2 rings (SSSR count). The highest BCUT2D eigenvalue weighted by molar-refractivity contribution is 6.18. The number of carbonyl (C=O) groups is 2. The number of hydrogen-bond donors (Lipinski definition) is 0. The van der Waals surface area contributed by atoms with Crippen molar-refractivity contribution in [2.75, 3.05) is 14.2 Å². The average molecular weight is 270 g/mol. The minimum atomic E-state index is -0.718. The van der Waals surface area contributed by atoms with E-state index in [1.54, 1.807) is 0 Å². The third-order valence-corrected chi connectivity index (χ3v) is 2.93. The third-order valence-electron chi connectivity index (χ3n) is 2.93. The van der Waals surface area contributed by atoms with E-state index in [0.717, 1.165) is 16.3 Å². The van der Waals surface area contributed by atoms with Crippen molar-refractivity contribution in [2.24, 2.45) is 0 Å². The topological polar surface area (TPSA) is 52.6 Å². The molecule has 0 heterocycles. The van der Waals surface area contributed by atoms with Gasteiger partial charge in [-0.05, 0) is 22.4 Å². The van der Waals surface area contributed by atoms with Gasteiger partial charge in [0.25, 0.3) is 0 Å². The van der Waals surface area contributed by atoms with Crippen LogP contribution in [0.25, 0.3) is 16.8 Å². The maximum absolute atomic E-state index is 11.7. The van der Waals surface area contributed by atoms with Crippen molar-refractivity contribution >= 4 is 28.8 Å². The van der Waals surface area contributed by atoms with E-state index in [2.05, 4.69) is 9.47 Å². The number of methoxy groups -OCH3 is 2. The molecule has 2 aromatic rings. The summed E-state index contributed by atoms with van der Waals surface area (Å²) in [4.78, 5) is 23.3. The molecule has 0 unspecified atom stereocenters. The first-order chi connectivity index (χ1) is 9.67. The lowest BCUT2D eigenvalue weighted by molar-refractivity contribution is -0.143. The van der Waals surface area contributed by atoms with Crippen LogP contribution in [-0.2, 0) is 19.1 Å². The van der Waals surface area contributed by atoms with Crippen LogP contribution in [0.5, 0.6) is 0 Å². The molecule has 0 saturated heterocycles. The first-order valence-electron chi connectivity index (χ1n) is 6.03. The Balaban J connectivity index is 2.59. The Morgan fingerprint density at radius 1 is 0.900 bits per heavy atom. The molecular weight excluding hydrogens is 256 g/mol. The summed E-state index contributed by atoms with van der Waals surface area (Å²) < 4.78 is 9.22. The van der Waals surface area contributed by atoms with Crippen LogP contribution in [0, 0.1) is 0 Å². The highest BCUT2D eigenvalue weighted by atomic mass is 16.5. The number of carbonyl (C=O) groups excluding carboxylic acids is 2. The molecule has 0 aromatic heterocycles. The zero-order valence-corrected chi connectivity index (χ0v) is 11.3. The molecule has 0 aliphatic carbocycles. The fraction of sp³-hybridized carbons (Fsp3) is 0.125. The first kappa shape index (κ1) is 13.8. The standard InChI is InChI=1S/C16H14O4/c1-19-15(17)14(16(18)20-2)10-12-8-5-7-11-6-3-4-9-13(11)12/h3-10H,1-2H3. The summed E-state index contributed by atoms with van der Waals surface area (Å²) in [7, 11) is 2.45. The second kappa shape index (κ2) is 6.02. The molecule has 0 aliphatic heterocycles. The summed E-state index contributed by atoms with van der Waals surface area (Å²) in [5.74, 6) is -1.44. The van der Waals surface area contributed by atoms with E-state index in [1.165, 1.54) is 20.3 Å². The Bertz CT molecular complexity index is 662. The van der Waals surface area contributed by atoms with Gasteiger partial charge < -0.3 is 9.47 Å². The van der Waals surface area contributed by atoms with Gasteiger partial charge in [0.2, 0.25) is 0 Å². The van der Waals surface area contributed by atoms with Crippen LogP contribution in [0.3, 0.4) is 0 Å². The van der Waals surface area contributed by atoms with Gasteiger partial charge in [-0.25, -0.2) is 9.59 Å². The fourth-order valence-corrected chi connectivity index (χ4v) is 1.95. The normalized spacial score (nSPS) is 9.90. The smallest absolute Gasteiger partial charge is 0.345 e. The van der Waals surface area contributed by atoms with Crippen molar-refractivity contribution < 1.29 is 19.1 Å². The molecule has 2 aromatic carbocycles. The molecule has 0 atom stereocenters. The second-order valence-electron chi connectivity index (χ2n) is 4.11. The predicted octanol–water partition coefficient (Wildman–Crippen LogP) is 2.57. The molecule has 0 bridgehead atoms. The number of benzene rings is 2. The minimum Gasteiger partial charge on any atom is -0.465 e. The molecule has 4 nitrogen and oxygen atoms in total. The predicted molar refractivity (Wildman–Crippen MR) is 76.0 cm³/mol. The van der Waals surface area contributed by atoms with Gasteiger partial charge in [0.15, 0.2) is 0 Å². The summed E-state index contributed by atoms with van der Waals surface area (Å²) in [6, 6.07) is 13.4. The van der Waals surface area contributed by atoms with E-state index in [-0.39, 0.29) is 5.57 Å². The van der Waals surface area contributed by atoms with Crippen molar-refractivity contribution in [1.29, 1.82) is 0 Å². The summed E-state index contributed by atoms with van der Waals surface area (Å²) >= 11 is 0. The zero-order chi connectivity index (χ0) is 14.5. The van der Waals surface area contributed by atoms with E-state index in [0.29, 0.717) is 0 Å². The molecule has 0 saturated carbocycles. The molecule has 0 N–H and O–H groups in total. The molecule has 0 aliphatic rings. The van der Waals surface area contributed by atoms with Crippen LogP contribution >= 0.6 is 0 Å². The highest BCUT2D eigenvalue weighted by Gasteiger charge is 2.19. The molecule has 0 spiro atoms. The van der Waals surface area contributed by atoms with Crippen molar-refractivity contribution in [2.45, 2.75) is 0 Å². The quantitative estimate of drug-likeness (QED) is 0.372. The lowest BCUT2D eigenvalue weighted by atomic mass is 10.0. The summed E-state index contributed by atoms with van der Waals surface area (Å²) in [5.41, 5.74) is 0.625. The van der Waals surface area contributed by atoms with Crippen LogP contribution in [-0.4, -0.2) is 26.2 Å². The Kier molecular flexibility index (Phi) is 4.15. The fourth-order valence-electron chi connectivity index (χ4n) is 1.95. The van der Waals surface area contributed by atoms with Crippen LogP contribution in [0.1, 0.15) is 5.56 Å². The monoisotopic (exact) mass is 270 g/mol. The molecule has 0 fully saturated rings. The SMILES string of the molecule is COC(=O)C(=Cc1cccc2ccccc12)C(=O)OC. The van der Waals surface area contributed by atoms with Crippen LogP contribution in [0.2, 0.25) is 0 Å². The van der Waals surface area contributed by atoms with E-state index in [9.17, 15) is 9.59 Å². The highest BCUT2D eigenvalue weighted by Crippen LogP contribution is 2.21. The second-order valence-corrected chi connectivity index (χ2v) is 4.11. The van der Waals surface area contributed by atoms with Gasteiger partial charge in [-0.1, -0.05) is 42.5 Å². The first-order valence-corrected chi connectivity index (χ1v) is 6.03. The van der Waals surface area contributed by atoms with Gasteiger partial charge >= 0.3 is 11.9 Å². The Labute approximate surface area is 116 Å². The van der Waals surface area contributed by atoms with Gasteiger partial charge in [0.1, 0.15) is 5.57 Å². The van der Waals surface area contributed by atoms with Gasteiger partial charge in [0, 0.05) is 0 Å². The van der Waals surface area contributed by atoms with Crippen molar-refractivity contribution in [3.05, 3.63) is 53.6 Å². The number of fused-ring (bicyclic) bond motifs is 1. The van der Waals surface area contributed by atoms with E-state index >= 15 is 0 Å². The van der Waals surface area contributed by atoms with Crippen LogP contribution in [0.4, 0.5) is 0 Å². The number of ether oxygens (including phenoxy) is 2. The van der Waals surface area contributed by atoms with Crippen molar-refractivity contribution in [3.8, 4) is 0 Å².